The summed E-state index contributed by atoms with van der Waals surface area (Å²) in [4.78, 5) is 36.3. The number of sulfone groups is 1. The lowest BCUT2D eigenvalue weighted by molar-refractivity contribution is -0.133. The molecule has 8 nitrogen and oxygen atoms in total. The average molecular weight is 444 g/mol. The molecule has 2 N–H and O–H groups in total. The zero-order chi connectivity index (χ0) is 22.6. The quantitative estimate of drug-likeness (QED) is 0.593. The van der Waals surface area contributed by atoms with Gasteiger partial charge in [0, 0.05) is 18.0 Å². The third-order valence-corrected chi connectivity index (χ3v) is 5.45. The number of hydrogen-bond donors (Lipinski definition) is 2. The molecule has 160 valence electrons. The fraction of sp³-hybridized carbons (Fsp3) is 0.0952. The highest BCUT2D eigenvalue weighted by Gasteiger charge is 2.27. The first-order valence-electron chi connectivity index (χ1n) is 8.90. The van der Waals surface area contributed by atoms with Crippen molar-refractivity contribution in [3.8, 4) is 0 Å². The highest BCUT2D eigenvalue weighted by atomic mass is 32.2. The average Bonchev–Trinajstić information content (AvgIpc) is 3.13. The maximum absolute atomic E-state index is 12.0. The Hall–Kier alpha value is -3.79. The molecule has 2 heterocycles. The van der Waals surface area contributed by atoms with Gasteiger partial charge in [0.15, 0.2) is 9.84 Å². The summed E-state index contributed by atoms with van der Waals surface area (Å²) in [6, 6.07) is 15.8. The SMILES string of the molecule is CS(=O)(=O)c1ccc(C2=C(c3ccccc3)C(=O)OC2)cc1.O=c1[nH]cc(F)c(=O)[nH]1. The van der Waals surface area contributed by atoms with Crippen LogP contribution in [0, 0.1) is 5.82 Å². The highest BCUT2D eigenvalue weighted by molar-refractivity contribution is 7.90. The second-order valence-electron chi connectivity index (χ2n) is 6.51. The van der Waals surface area contributed by atoms with Gasteiger partial charge in [0.05, 0.1) is 10.5 Å². The fourth-order valence-corrected chi connectivity index (χ4v) is 3.46. The lowest BCUT2D eigenvalue weighted by Gasteiger charge is -2.05. The summed E-state index contributed by atoms with van der Waals surface area (Å²) < 4.78 is 40.2. The minimum atomic E-state index is -3.23. The van der Waals surface area contributed by atoms with Crippen molar-refractivity contribution in [3.05, 3.63) is 98.6 Å². The second-order valence-corrected chi connectivity index (χ2v) is 8.53. The molecular weight excluding hydrogens is 427 g/mol. The predicted octanol–water partition coefficient (Wildman–Crippen LogP) is 1.76. The molecule has 0 unspecified atom stereocenters. The van der Waals surface area contributed by atoms with Gasteiger partial charge in [0.25, 0.3) is 5.56 Å². The van der Waals surface area contributed by atoms with Gasteiger partial charge < -0.3 is 9.72 Å². The van der Waals surface area contributed by atoms with E-state index in [-0.39, 0.29) is 17.5 Å². The number of aromatic nitrogens is 2. The number of aromatic amines is 2. The first kappa shape index (κ1) is 21.9. The first-order valence-corrected chi connectivity index (χ1v) is 10.8. The van der Waals surface area contributed by atoms with Crippen LogP contribution in [0.15, 0.2) is 75.3 Å². The summed E-state index contributed by atoms with van der Waals surface area (Å²) in [5, 5.41) is 0. The van der Waals surface area contributed by atoms with E-state index < -0.39 is 26.9 Å². The maximum Gasteiger partial charge on any atom is 0.339 e. The van der Waals surface area contributed by atoms with Gasteiger partial charge in [-0.25, -0.2) is 18.0 Å². The minimum Gasteiger partial charge on any atom is -0.457 e. The molecular formula is C21H17FN2O6S. The summed E-state index contributed by atoms with van der Waals surface area (Å²) in [6.07, 6.45) is 1.88. The van der Waals surface area contributed by atoms with Gasteiger partial charge in [-0.15, -0.1) is 0 Å². The van der Waals surface area contributed by atoms with Gasteiger partial charge in [-0.3, -0.25) is 9.78 Å². The molecule has 2 aromatic carbocycles. The van der Waals surface area contributed by atoms with E-state index in [1.54, 1.807) is 29.2 Å². The van der Waals surface area contributed by atoms with E-state index in [0.29, 0.717) is 11.8 Å². The molecule has 0 radical (unpaired) electrons. The number of cyclic esters (lactones) is 1. The van der Waals surface area contributed by atoms with E-state index in [4.69, 9.17) is 4.74 Å². The number of hydrogen-bond acceptors (Lipinski definition) is 6. The number of nitrogens with one attached hydrogen (secondary N) is 2. The number of carbonyl (C=O) groups excluding carboxylic acids is 1. The molecule has 0 amide bonds. The van der Waals surface area contributed by atoms with Crippen LogP contribution in [0.4, 0.5) is 4.39 Å². The van der Waals surface area contributed by atoms with Crippen molar-refractivity contribution in [2.24, 2.45) is 0 Å². The maximum atomic E-state index is 12.0. The molecule has 0 spiro atoms. The van der Waals surface area contributed by atoms with Crippen molar-refractivity contribution in [1.82, 2.24) is 9.97 Å². The zero-order valence-electron chi connectivity index (χ0n) is 16.2. The van der Waals surface area contributed by atoms with Crippen LogP contribution in [0.1, 0.15) is 11.1 Å². The third-order valence-electron chi connectivity index (χ3n) is 4.32. The molecule has 0 saturated carbocycles. The van der Waals surface area contributed by atoms with Crippen LogP contribution in [0.2, 0.25) is 0 Å². The standard InChI is InChI=1S/C17H14O4S.C4H3FN2O2/c1-22(19,20)14-9-7-12(8-10-14)15-11-21-17(18)16(15)13-5-3-2-4-6-13;5-2-1-6-4(9)7-3(2)8/h2-10H,11H2,1H3;1H,(H2,6,7,8,9). The van der Waals surface area contributed by atoms with E-state index in [0.717, 1.165) is 16.7 Å². The molecule has 1 aliphatic rings. The van der Waals surface area contributed by atoms with Crippen LogP contribution < -0.4 is 11.2 Å². The summed E-state index contributed by atoms with van der Waals surface area (Å²) in [7, 11) is -3.23. The monoisotopic (exact) mass is 444 g/mol. The van der Waals surface area contributed by atoms with Crippen LogP contribution in [0.25, 0.3) is 11.1 Å². The fourth-order valence-electron chi connectivity index (χ4n) is 2.83. The van der Waals surface area contributed by atoms with Crippen LogP contribution in [-0.2, 0) is 19.4 Å². The van der Waals surface area contributed by atoms with Crippen molar-refractivity contribution in [2.45, 2.75) is 4.90 Å². The lowest BCUT2D eigenvalue weighted by Crippen LogP contribution is -2.23. The molecule has 10 heteroatoms. The minimum absolute atomic E-state index is 0.196. The van der Waals surface area contributed by atoms with Crippen LogP contribution >= 0.6 is 0 Å². The second kappa shape index (κ2) is 8.92. The molecule has 0 saturated heterocycles. The molecule has 31 heavy (non-hydrogen) atoms. The molecule has 1 aromatic heterocycles. The van der Waals surface area contributed by atoms with Gasteiger partial charge in [-0.05, 0) is 23.3 Å². The Labute approximate surface area is 176 Å². The largest absolute Gasteiger partial charge is 0.457 e. The van der Waals surface area contributed by atoms with E-state index in [2.05, 4.69) is 0 Å². The van der Waals surface area contributed by atoms with Gasteiger partial charge in [0.2, 0.25) is 5.82 Å². The van der Waals surface area contributed by atoms with Gasteiger partial charge >= 0.3 is 11.7 Å². The molecule has 0 fully saturated rings. The lowest BCUT2D eigenvalue weighted by atomic mass is 9.97. The molecule has 3 aromatic rings. The number of esters is 1. The van der Waals surface area contributed by atoms with Gasteiger partial charge in [0.1, 0.15) is 6.61 Å². The molecule has 0 aliphatic carbocycles. The van der Waals surface area contributed by atoms with Crippen molar-refractivity contribution in [3.63, 3.8) is 0 Å². The van der Waals surface area contributed by atoms with Crippen molar-refractivity contribution in [2.75, 3.05) is 12.9 Å². The van der Waals surface area contributed by atoms with Crippen LogP contribution in [0.3, 0.4) is 0 Å². The molecule has 0 bridgehead atoms. The Bertz CT molecular complexity index is 1360. The predicted molar refractivity (Wildman–Crippen MR) is 111 cm³/mol. The van der Waals surface area contributed by atoms with E-state index in [1.807, 2.05) is 35.3 Å². The zero-order valence-corrected chi connectivity index (χ0v) is 17.0. The van der Waals surface area contributed by atoms with Gasteiger partial charge in [-0.1, -0.05) is 42.5 Å². The number of benzene rings is 2. The van der Waals surface area contributed by atoms with Gasteiger partial charge in [-0.2, -0.15) is 4.39 Å². The Morgan fingerprint density at radius 2 is 1.58 bits per heavy atom. The Balaban J connectivity index is 0.000000254. The summed E-state index contributed by atoms with van der Waals surface area (Å²) >= 11 is 0. The Morgan fingerprint density at radius 3 is 2.13 bits per heavy atom. The Morgan fingerprint density at radius 1 is 0.935 bits per heavy atom. The summed E-state index contributed by atoms with van der Waals surface area (Å²) in [5.74, 6) is -1.34. The topological polar surface area (TPSA) is 126 Å². The first-order chi connectivity index (χ1) is 14.7. The summed E-state index contributed by atoms with van der Waals surface area (Å²) in [6.45, 7) is 0.196. The highest BCUT2D eigenvalue weighted by Crippen LogP contribution is 2.33. The van der Waals surface area contributed by atoms with Crippen molar-refractivity contribution in [1.29, 1.82) is 0 Å². The third kappa shape index (κ3) is 5.23. The van der Waals surface area contributed by atoms with Crippen LogP contribution in [-0.4, -0.2) is 37.2 Å². The molecule has 1 aliphatic heterocycles. The number of halogens is 1. The molecule has 0 atom stereocenters. The number of H-pyrrole nitrogens is 2. The van der Waals surface area contributed by atoms with E-state index in [9.17, 15) is 27.2 Å². The molecule has 4 rings (SSSR count). The van der Waals surface area contributed by atoms with E-state index in [1.165, 1.54) is 6.26 Å². The number of ether oxygens (including phenoxy) is 1. The Kier molecular flexibility index (Phi) is 6.30. The smallest absolute Gasteiger partial charge is 0.339 e. The summed E-state index contributed by atoms with van der Waals surface area (Å²) in [5.41, 5.74) is 1.19. The van der Waals surface area contributed by atoms with E-state index >= 15 is 0 Å². The normalized spacial score (nSPS) is 13.4. The van der Waals surface area contributed by atoms with Crippen LogP contribution in [0.5, 0.6) is 0 Å². The number of carbonyl (C=O) groups is 1. The number of rotatable bonds is 3. The van der Waals surface area contributed by atoms with Crippen molar-refractivity contribution < 1.29 is 22.3 Å². The van der Waals surface area contributed by atoms with Crippen molar-refractivity contribution >= 4 is 27.0 Å².